The molecule has 0 saturated carbocycles. The van der Waals surface area contributed by atoms with Crippen molar-refractivity contribution in [1.29, 1.82) is 0 Å². The van der Waals surface area contributed by atoms with E-state index in [9.17, 15) is 8.78 Å². The van der Waals surface area contributed by atoms with Gasteiger partial charge >= 0.3 is 0 Å². The SMILES string of the molecule is CC[C@@H](NC)c1cc(F)cc(F)c1. The molecule has 72 valence electrons. The Bertz CT molecular complexity index is 262. The van der Waals surface area contributed by atoms with Gasteiger partial charge < -0.3 is 5.32 Å². The maximum Gasteiger partial charge on any atom is 0.126 e. The predicted molar refractivity (Wildman–Crippen MR) is 48.4 cm³/mol. The number of rotatable bonds is 3. The molecular formula is C10H13F2N. The van der Waals surface area contributed by atoms with E-state index < -0.39 is 11.6 Å². The molecule has 0 aliphatic rings. The highest BCUT2D eigenvalue weighted by molar-refractivity contribution is 5.21. The first-order valence-corrected chi connectivity index (χ1v) is 4.30. The third-order valence-corrected chi connectivity index (χ3v) is 2.04. The first-order chi connectivity index (χ1) is 6.17. The smallest absolute Gasteiger partial charge is 0.126 e. The molecule has 0 aliphatic carbocycles. The van der Waals surface area contributed by atoms with Crippen LogP contribution in [-0.4, -0.2) is 7.05 Å². The fourth-order valence-electron chi connectivity index (χ4n) is 1.38. The summed E-state index contributed by atoms with van der Waals surface area (Å²) in [5, 5.41) is 2.99. The van der Waals surface area contributed by atoms with Gasteiger partial charge in [0.25, 0.3) is 0 Å². The van der Waals surface area contributed by atoms with Crippen molar-refractivity contribution in [2.24, 2.45) is 0 Å². The van der Waals surface area contributed by atoms with E-state index in [4.69, 9.17) is 0 Å². The summed E-state index contributed by atoms with van der Waals surface area (Å²) in [4.78, 5) is 0. The van der Waals surface area contributed by atoms with Crippen LogP contribution >= 0.6 is 0 Å². The van der Waals surface area contributed by atoms with Gasteiger partial charge in [0.05, 0.1) is 0 Å². The molecule has 0 aliphatic heterocycles. The minimum absolute atomic E-state index is 0.0187. The highest BCUT2D eigenvalue weighted by atomic mass is 19.1. The molecule has 13 heavy (non-hydrogen) atoms. The van der Waals surface area contributed by atoms with E-state index in [-0.39, 0.29) is 6.04 Å². The van der Waals surface area contributed by atoms with Crippen molar-refractivity contribution in [3.8, 4) is 0 Å². The number of hydrogen-bond acceptors (Lipinski definition) is 1. The van der Waals surface area contributed by atoms with Gasteiger partial charge in [-0.25, -0.2) is 8.78 Å². The molecule has 3 heteroatoms. The minimum atomic E-state index is -0.524. The largest absolute Gasteiger partial charge is 0.313 e. The van der Waals surface area contributed by atoms with Crippen molar-refractivity contribution in [2.75, 3.05) is 7.05 Å². The first-order valence-electron chi connectivity index (χ1n) is 4.30. The third-order valence-electron chi connectivity index (χ3n) is 2.04. The van der Waals surface area contributed by atoms with Gasteiger partial charge in [-0.05, 0) is 31.2 Å². The molecule has 0 spiro atoms. The van der Waals surface area contributed by atoms with Crippen LogP contribution in [0.4, 0.5) is 8.78 Å². The lowest BCUT2D eigenvalue weighted by Crippen LogP contribution is -2.15. The molecule has 1 aromatic rings. The third kappa shape index (κ3) is 2.49. The van der Waals surface area contributed by atoms with Crippen molar-refractivity contribution >= 4 is 0 Å². The van der Waals surface area contributed by atoms with E-state index in [1.54, 1.807) is 7.05 Å². The molecule has 0 amide bonds. The zero-order valence-electron chi connectivity index (χ0n) is 7.77. The second-order valence-corrected chi connectivity index (χ2v) is 2.95. The molecule has 0 saturated heterocycles. The molecule has 1 rings (SSSR count). The van der Waals surface area contributed by atoms with E-state index in [0.29, 0.717) is 5.56 Å². The highest BCUT2D eigenvalue weighted by Crippen LogP contribution is 2.18. The molecule has 0 heterocycles. The molecule has 1 nitrogen and oxygen atoms in total. The Kier molecular flexibility index (Phi) is 3.37. The summed E-state index contributed by atoms with van der Waals surface area (Å²) >= 11 is 0. The van der Waals surface area contributed by atoms with Gasteiger partial charge in [-0.2, -0.15) is 0 Å². The fraction of sp³-hybridized carbons (Fsp3) is 0.400. The number of benzene rings is 1. The maximum absolute atomic E-state index is 12.8. The number of nitrogens with one attached hydrogen (secondary N) is 1. The summed E-state index contributed by atoms with van der Waals surface area (Å²) < 4.78 is 25.6. The summed E-state index contributed by atoms with van der Waals surface area (Å²) in [6.45, 7) is 1.96. The second kappa shape index (κ2) is 4.33. The van der Waals surface area contributed by atoms with Gasteiger partial charge in [-0.3, -0.25) is 0 Å². The van der Waals surface area contributed by atoms with E-state index >= 15 is 0 Å². The summed E-state index contributed by atoms with van der Waals surface area (Å²) in [5.74, 6) is -1.05. The van der Waals surface area contributed by atoms with Gasteiger partial charge in [0, 0.05) is 12.1 Å². The zero-order valence-corrected chi connectivity index (χ0v) is 7.77. The van der Waals surface area contributed by atoms with Crippen LogP contribution in [0.2, 0.25) is 0 Å². The molecule has 0 bridgehead atoms. The number of hydrogen-bond donors (Lipinski definition) is 1. The van der Waals surface area contributed by atoms with E-state index in [2.05, 4.69) is 5.32 Å². The average molecular weight is 185 g/mol. The first kappa shape index (κ1) is 10.1. The quantitative estimate of drug-likeness (QED) is 0.763. The Morgan fingerprint density at radius 1 is 1.23 bits per heavy atom. The van der Waals surface area contributed by atoms with Crippen LogP contribution in [0.1, 0.15) is 24.9 Å². The minimum Gasteiger partial charge on any atom is -0.313 e. The van der Waals surface area contributed by atoms with Crippen LogP contribution in [0.25, 0.3) is 0 Å². The Morgan fingerprint density at radius 2 is 1.77 bits per heavy atom. The Morgan fingerprint density at radius 3 is 2.15 bits per heavy atom. The lowest BCUT2D eigenvalue weighted by molar-refractivity contribution is 0.544. The summed E-state index contributed by atoms with van der Waals surface area (Å²) in [7, 11) is 1.77. The fourth-order valence-corrected chi connectivity index (χ4v) is 1.38. The van der Waals surface area contributed by atoms with Crippen molar-refractivity contribution in [1.82, 2.24) is 5.32 Å². The van der Waals surface area contributed by atoms with Gasteiger partial charge in [-0.15, -0.1) is 0 Å². The summed E-state index contributed by atoms with van der Waals surface area (Å²) in [6, 6.07) is 3.61. The molecule has 0 radical (unpaired) electrons. The predicted octanol–water partition coefficient (Wildman–Crippen LogP) is 2.64. The summed E-state index contributed by atoms with van der Waals surface area (Å²) in [6.07, 6.45) is 0.805. The molecule has 1 atom stereocenters. The van der Waals surface area contributed by atoms with Crippen LogP contribution in [0, 0.1) is 11.6 Å². The van der Waals surface area contributed by atoms with E-state index in [1.165, 1.54) is 12.1 Å². The van der Waals surface area contributed by atoms with Gasteiger partial charge in [0.2, 0.25) is 0 Å². The van der Waals surface area contributed by atoms with Crippen molar-refractivity contribution in [2.45, 2.75) is 19.4 Å². The van der Waals surface area contributed by atoms with Gasteiger partial charge in [0.1, 0.15) is 11.6 Å². The van der Waals surface area contributed by atoms with Crippen LogP contribution in [0.15, 0.2) is 18.2 Å². The van der Waals surface area contributed by atoms with Crippen LogP contribution in [-0.2, 0) is 0 Å². The van der Waals surface area contributed by atoms with Crippen molar-refractivity contribution < 1.29 is 8.78 Å². The van der Waals surface area contributed by atoms with Crippen LogP contribution in [0.5, 0.6) is 0 Å². The van der Waals surface area contributed by atoms with E-state index in [0.717, 1.165) is 12.5 Å². The lowest BCUT2D eigenvalue weighted by Gasteiger charge is -2.14. The maximum atomic E-state index is 12.8. The van der Waals surface area contributed by atoms with Crippen molar-refractivity contribution in [3.05, 3.63) is 35.4 Å². The Balaban J connectivity index is 2.99. The Labute approximate surface area is 76.8 Å². The highest BCUT2D eigenvalue weighted by Gasteiger charge is 2.08. The Hall–Kier alpha value is -0.960. The second-order valence-electron chi connectivity index (χ2n) is 2.95. The molecule has 0 fully saturated rings. The molecular weight excluding hydrogens is 172 g/mol. The standard InChI is InChI=1S/C10H13F2N/c1-3-10(13-2)7-4-8(11)6-9(12)5-7/h4-6,10,13H,3H2,1-2H3/t10-/m1/s1. The van der Waals surface area contributed by atoms with Crippen LogP contribution < -0.4 is 5.32 Å². The van der Waals surface area contributed by atoms with Crippen molar-refractivity contribution in [3.63, 3.8) is 0 Å². The molecule has 0 aromatic heterocycles. The monoisotopic (exact) mass is 185 g/mol. The number of halogens is 2. The van der Waals surface area contributed by atoms with Gasteiger partial charge in [-0.1, -0.05) is 6.92 Å². The molecule has 1 N–H and O–H groups in total. The average Bonchev–Trinajstić information content (AvgIpc) is 2.04. The van der Waals surface area contributed by atoms with Gasteiger partial charge in [0.15, 0.2) is 0 Å². The normalized spacial score (nSPS) is 12.9. The summed E-state index contributed by atoms with van der Waals surface area (Å²) in [5.41, 5.74) is 0.655. The lowest BCUT2D eigenvalue weighted by atomic mass is 10.0. The molecule has 0 unspecified atom stereocenters. The topological polar surface area (TPSA) is 12.0 Å². The zero-order chi connectivity index (χ0) is 9.84. The van der Waals surface area contributed by atoms with E-state index in [1.807, 2.05) is 6.92 Å². The van der Waals surface area contributed by atoms with Crippen LogP contribution in [0.3, 0.4) is 0 Å². The molecule has 1 aromatic carbocycles.